The Bertz CT molecular complexity index is 513. The number of fused-ring (bicyclic) bond motifs is 1. The summed E-state index contributed by atoms with van der Waals surface area (Å²) in [6.07, 6.45) is 4.14. The van der Waals surface area contributed by atoms with Gasteiger partial charge in [0.15, 0.2) is 0 Å². The number of rotatable bonds is 3. The molecule has 1 fully saturated rings. The van der Waals surface area contributed by atoms with Crippen LogP contribution in [0.15, 0.2) is 17.5 Å². The Hall–Kier alpha value is -0.380. The first-order valence-corrected chi connectivity index (χ1v) is 9.03. The van der Waals surface area contributed by atoms with Crippen LogP contribution in [0.4, 0.5) is 0 Å². The summed E-state index contributed by atoms with van der Waals surface area (Å²) in [5, 5.41) is 5.79. The van der Waals surface area contributed by atoms with Crippen LogP contribution in [0.5, 0.6) is 0 Å². The molecule has 0 amide bonds. The molecule has 4 unspecified atom stereocenters. The predicted octanol–water partition coefficient (Wildman–Crippen LogP) is 5.30. The molecular weight excluding hydrogens is 270 g/mol. The zero-order chi connectivity index (χ0) is 13.4. The normalized spacial score (nSPS) is 29.7. The van der Waals surface area contributed by atoms with E-state index in [9.17, 15) is 0 Å². The number of nitrogens with one attached hydrogen (secondary N) is 1. The summed E-state index contributed by atoms with van der Waals surface area (Å²) in [7, 11) is 2.13. The zero-order valence-corrected chi connectivity index (χ0v) is 13.6. The molecule has 1 nitrogen and oxygen atoms in total. The Balaban J connectivity index is 1.82. The van der Waals surface area contributed by atoms with Crippen LogP contribution in [0.25, 0.3) is 9.40 Å². The predicted molar refractivity (Wildman–Crippen MR) is 87.2 cm³/mol. The maximum atomic E-state index is 3.59. The lowest BCUT2D eigenvalue weighted by molar-refractivity contribution is 0.176. The van der Waals surface area contributed by atoms with Crippen molar-refractivity contribution in [3.8, 4) is 0 Å². The van der Waals surface area contributed by atoms with Gasteiger partial charge in [0.25, 0.3) is 0 Å². The van der Waals surface area contributed by atoms with Crippen LogP contribution in [0.2, 0.25) is 0 Å². The van der Waals surface area contributed by atoms with Gasteiger partial charge >= 0.3 is 0 Å². The topological polar surface area (TPSA) is 12.0 Å². The maximum absolute atomic E-state index is 3.59. The second-order valence-electron chi connectivity index (χ2n) is 6.09. The van der Waals surface area contributed by atoms with E-state index in [-0.39, 0.29) is 0 Å². The Kier molecular flexibility index (Phi) is 3.97. The second-order valence-corrected chi connectivity index (χ2v) is 8.15. The van der Waals surface area contributed by atoms with Crippen LogP contribution in [-0.4, -0.2) is 7.05 Å². The van der Waals surface area contributed by atoms with Crippen LogP contribution < -0.4 is 5.32 Å². The molecule has 104 valence electrons. The minimum atomic E-state index is 0.555. The standard InChI is InChI=1S/C16H23NS2/c1-10-4-5-12(8-11(10)2)16(17-3)15-9-14-13(19-15)6-7-18-14/h6-7,9-12,16-17H,4-5,8H2,1-3H3. The molecule has 1 saturated carbocycles. The number of thiophene rings is 2. The quantitative estimate of drug-likeness (QED) is 0.810. The summed E-state index contributed by atoms with van der Waals surface area (Å²) >= 11 is 3.85. The Morgan fingerprint density at radius 2 is 2.05 bits per heavy atom. The molecule has 4 atom stereocenters. The van der Waals surface area contributed by atoms with Gasteiger partial charge in [0, 0.05) is 20.3 Å². The van der Waals surface area contributed by atoms with E-state index in [1.54, 1.807) is 0 Å². The first kappa shape index (κ1) is 13.6. The number of hydrogen-bond donors (Lipinski definition) is 1. The van der Waals surface area contributed by atoms with E-state index in [0.29, 0.717) is 6.04 Å². The largest absolute Gasteiger partial charge is 0.312 e. The molecule has 0 aromatic carbocycles. The zero-order valence-electron chi connectivity index (χ0n) is 12.0. The van der Waals surface area contributed by atoms with E-state index in [4.69, 9.17) is 0 Å². The molecule has 3 rings (SSSR count). The van der Waals surface area contributed by atoms with Gasteiger partial charge in [-0.25, -0.2) is 0 Å². The van der Waals surface area contributed by atoms with Crippen molar-refractivity contribution < 1.29 is 0 Å². The molecule has 1 N–H and O–H groups in total. The van der Waals surface area contributed by atoms with Crippen molar-refractivity contribution in [3.63, 3.8) is 0 Å². The van der Waals surface area contributed by atoms with Crippen LogP contribution in [0, 0.1) is 17.8 Å². The van der Waals surface area contributed by atoms with E-state index in [2.05, 4.69) is 43.7 Å². The van der Waals surface area contributed by atoms with Gasteiger partial charge in [0.1, 0.15) is 0 Å². The summed E-state index contributed by atoms with van der Waals surface area (Å²) in [6.45, 7) is 4.84. The van der Waals surface area contributed by atoms with Crippen LogP contribution >= 0.6 is 22.7 Å². The summed E-state index contributed by atoms with van der Waals surface area (Å²) in [6, 6.07) is 5.22. The average Bonchev–Trinajstić information content (AvgIpc) is 2.95. The lowest BCUT2D eigenvalue weighted by atomic mass is 9.73. The highest BCUT2D eigenvalue weighted by molar-refractivity contribution is 7.26. The first-order chi connectivity index (χ1) is 9.19. The van der Waals surface area contributed by atoms with Crippen molar-refractivity contribution in [2.24, 2.45) is 17.8 Å². The van der Waals surface area contributed by atoms with Crippen LogP contribution in [0.3, 0.4) is 0 Å². The number of hydrogen-bond acceptors (Lipinski definition) is 3. The molecule has 0 bridgehead atoms. The molecule has 0 spiro atoms. The van der Waals surface area contributed by atoms with Gasteiger partial charge in [-0.05, 0) is 55.2 Å². The third-order valence-corrected chi connectivity index (χ3v) is 7.06. The summed E-state index contributed by atoms with van der Waals surface area (Å²) in [4.78, 5) is 1.54. The molecule has 2 aromatic rings. The van der Waals surface area contributed by atoms with Gasteiger partial charge in [-0.2, -0.15) is 0 Å². The van der Waals surface area contributed by atoms with E-state index in [1.165, 1.54) is 33.5 Å². The molecule has 2 heterocycles. The molecule has 1 aliphatic rings. The molecule has 2 aromatic heterocycles. The molecular formula is C16H23NS2. The molecule has 0 radical (unpaired) electrons. The summed E-state index contributed by atoms with van der Waals surface area (Å²) < 4.78 is 2.91. The minimum Gasteiger partial charge on any atom is -0.312 e. The monoisotopic (exact) mass is 293 g/mol. The minimum absolute atomic E-state index is 0.555. The molecule has 3 heteroatoms. The molecule has 0 saturated heterocycles. The first-order valence-electron chi connectivity index (χ1n) is 7.33. The van der Waals surface area contributed by atoms with Gasteiger partial charge in [-0.1, -0.05) is 20.3 Å². The Labute approximate surface area is 124 Å². The Morgan fingerprint density at radius 3 is 2.74 bits per heavy atom. The fourth-order valence-corrected chi connectivity index (χ4v) is 5.76. The van der Waals surface area contributed by atoms with Crippen molar-refractivity contribution >= 4 is 32.1 Å². The SMILES string of the molecule is CNC(c1cc2sccc2s1)C1CCC(C)C(C)C1. The van der Waals surface area contributed by atoms with Crippen molar-refractivity contribution in [1.29, 1.82) is 0 Å². The lowest BCUT2D eigenvalue weighted by Crippen LogP contribution is -2.31. The van der Waals surface area contributed by atoms with E-state index in [1.807, 2.05) is 22.7 Å². The lowest BCUT2D eigenvalue weighted by Gasteiger charge is -2.36. The maximum Gasteiger partial charge on any atom is 0.0454 e. The van der Waals surface area contributed by atoms with E-state index in [0.717, 1.165) is 17.8 Å². The van der Waals surface area contributed by atoms with Crippen LogP contribution in [-0.2, 0) is 0 Å². The summed E-state index contributed by atoms with van der Waals surface area (Å²) in [5.41, 5.74) is 0. The highest BCUT2D eigenvalue weighted by atomic mass is 32.1. The molecule has 19 heavy (non-hydrogen) atoms. The highest BCUT2D eigenvalue weighted by Crippen LogP contribution is 2.43. The molecule has 0 aliphatic heterocycles. The average molecular weight is 294 g/mol. The smallest absolute Gasteiger partial charge is 0.0454 e. The fraction of sp³-hybridized carbons (Fsp3) is 0.625. The third kappa shape index (κ3) is 2.61. The highest BCUT2D eigenvalue weighted by Gasteiger charge is 2.31. The fourth-order valence-electron chi connectivity index (χ4n) is 3.44. The van der Waals surface area contributed by atoms with Crippen molar-refractivity contribution in [2.75, 3.05) is 7.05 Å². The van der Waals surface area contributed by atoms with Crippen LogP contribution in [0.1, 0.15) is 44.0 Å². The van der Waals surface area contributed by atoms with Gasteiger partial charge in [0.05, 0.1) is 0 Å². The van der Waals surface area contributed by atoms with Crippen molar-refractivity contribution in [1.82, 2.24) is 5.32 Å². The van der Waals surface area contributed by atoms with Gasteiger partial charge in [-0.15, -0.1) is 22.7 Å². The van der Waals surface area contributed by atoms with Crippen molar-refractivity contribution in [3.05, 3.63) is 22.4 Å². The second kappa shape index (κ2) is 5.55. The van der Waals surface area contributed by atoms with Gasteiger partial charge < -0.3 is 5.32 Å². The van der Waals surface area contributed by atoms with E-state index < -0.39 is 0 Å². The third-order valence-electron chi connectivity index (χ3n) is 4.89. The van der Waals surface area contributed by atoms with Crippen molar-refractivity contribution in [2.45, 2.75) is 39.2 Å². The van der Waals surface area contributed by atoms with Gasteiger partial charge in [-0.3, -0.25) is 0 Å². The molecule has 1 aliphatic carbocycles. The van der Waals surface area contributed by atoms with E-state index >= 15 is 0 Å². The Morgan fingerprint density at radius 1 is 1.21 bits per heavy atom. The van der Waals surface area contributed by atoms with Gasteiger partial charge in [0.2, 0.25) is 0 Å². The summed E-state index contributed by atoms with van der Waals surface area (Å²) in [5.74, 6) is 2.58.